The van der Waals surface area contributed by atoms with Crippen LogP contribution in [0, 0.1) is 17.8 Å². The van der Waals surface area contributed by atoms with Gasteiger partial charge in [-0.2, -0.15) is 0 Å². The number of guanidine groups is 1. The lowest BCUT2D eigenvalue weighted by Crippen LogP contribution is -2.23. The third-order valence-corrected chi connectivity index (χ3v) is 8.43. The second kappa shape index (κ2) is 19.6. The Morgan fingerprint density at radius 2 is 1.88 bits per heavy atom. The SMILES string of the molecule is CCC(C=CC(=O)CCc1cc(OC2CCCC2)c(O)c(C(CCC(C)C)C(CCCN=C(N)N)COC)c1)CCO. The number of nitrogens with two attached hydrogens (primary N) is 2. The summed E-state index contributed by atoms with van der Waals surface area (Å²) in [6.45, 7) is 7.72. The second-order valence-corrected chi connectivity index (χ2v) is 12.3. The van der Waals surface area contributed by atoms with Crippen molar-refractivity contribution in [2.45, 2.75) is 110 Å². The molecule has 1 fully saturated rings. The molecule has 0 saturated heterocycles. The topological polar surface area (TPSA) is 140 Å². The number of aromatic hydroxyl groups is 1. The molecule has 2 rings (SSSR count). The quantitative estimate of drug-likeness (QED) is 0.0597. The summed E-state index contributed by atoms with van der Waals surface area (Å²) in [4.78, 5) is 16.9. The number of aliphatic imine (C=N–C) groups is 1. The molecule has 3 unspecified atom stereocenters. The minimum Gasteiger partial charge on any atom is -0.504 e. The molecule has 1 saturated carbocycles. The van der Waals surface area contributed by atoms with Gasteiger partial charge in [-0.25, -0.2) is 0 Å². The number of phenols is 1. The van der Waals surface area contributed by atoms with Crippen LogP contribution < -0.4 is 16.2 Å². The molecule has 8 heteroatoms. The molecule has 8 nitrogen and oxygen atoms in total. The number of aryl methyl sites for hydroxylation is 1. The summed E-state index contributed by atoms with van der Waals surface area (Å²) in [7, 11) is 1.72. The third kappa shape index (κ3) is 12.7. The highest BCUT2D eigenvalue weighted by molar-refractivity contribution is 5.89. The van der Waals surface area contributed by atoms with Crippen molar-refractivity contribution in [2.75, 3.05) is 26.9 Å². The number of hydrogen-bond acceptors (Lipinski definition) is 6. The summed E-state index contributed by atoms with van der Waals surface area (Å²) in [5.74, 6) is 1.83. The fourth-order valence-corrected chi connectivity index (χ4v) is 5.92. The summed E-state index contributed by atoms with van der Waals surface area (Å²) in [5, 5.41) is 20.9. The standard InChI is InChI=1S/C34H57N3O5/c1-5-25(18-20-38)13-15-28(39)16-14-26-21-31(33(40)32(22-26)42-29-10-6-7-11-29)30(17-12-24(2)3)27(23-41-4)9-8-19-37-34(35)36/h13,15,21-22,24-25,27,29-30,38,40H,5-12,14,16-20,23H2,1-4H3,(H4,35,36,37). The Morgan fingerprint density at radius 1 is 1.14 bits per heavy atom. The van der Waals surface area contributed by atoms with E-state index < -0.39 is 0 Å². The minimum absolute atomic E-state index is 0.0526. The number of nitrogens with zero attached hydrogens (tertiary/aromatic N) is 1. The van der Waals surface area contributed by atoms with Gasteiger partial charge in [-0.15, -0.1) is 0 Å². The normalized spacial score (nSPS) is 16.1. The first kappa shape index (κ1) is 35.6. The van der Waals surface area contributed by atoms with E-state index >= 15 is 0 Å². The molecule has 0 bridgehead atoms. The Kier molecular flexibility index (Phi) is 16.6. The predicted octanol–water partition coefficient (Wildman–Crippen LogP) is 6.02. The molecule has 3 atom stereocenters. The van der Waals surface area contributed by atoms with E-state index in [1.165, 1.54) is 0 Å². The van der Waals surface area contributed by atoms with Crippen LogP contribution in [0.4, 0.5) is 0 Å². The lowest BCUT2D eigenvalue weighted by Gasteiger charge is -2.30. The molecule has 1 aromatic carbocycles. The maximum absolute atomic E-state index is 12.8. The number of aliphatic hydroxyl groups excluding tert-OH is 1. The van der Waals surface area contributed by atoms with Crippen LogP contribution >= 0.6 is 0 Å². The first-order valence-corrected chi connectivity index (χ1v) is 16.1. The van der Waals surface area contributed by atoms with E-state index in [1.807, 2.05) is 12.1 Å². The molecule has 0 aromatic heterocycles. The van der Waals surface area contributed by atoms with Crippen molar-refractivity contribution >= 4 is 11.7 Å². The maximum atomic E-state index is 12.8. The van der Waals surface area contributed by atoms with E-state index in [0.717, 1.165) is 68.9 Å². The smallest absolute Gasteiger partial charge is 0.185 e. The van der Waals surface area contributed by atoms with Gasteiger partial charge in [0.2, 0.25) is 0 Å². The number of methoxy groups -OCH3 is 1. The maximum Gasteiger partial charge on any atom is 0.185 e. The highest BCUT2D eigenvalue weighted by Crippen LogP contribution is 2.44. The Balaban J connectivity index is 2.40. The summed E-state index contributed by atoms with van der Waals surface area (Å²) in [6, 6.07) is 4.01. The van der Waals surface area contributed by atoms with Gasteiger partial charge >= 0.3 is 0 Å². The number of carbonyl (C=O) groups is 1. The Morgan fingerprint density at radius 3 is 2.50 bits per heavy atom. The molecule has 1 aliphatic carbocycles. The van der Waals surface area contributed by atoms with E-state index in [-0.39, 0.29) is 48.0 Å². The van der Waals surface area contributed by atoms with Crippen molar-refractivity contribution in [2.24, 2.45) is 34.2 Å². The van der Waals surface area contributed by atoms with E-state index in [1.54, 1.807) is 13.2 Å². The van der Waals surface area contributed by atoms with Gasteiger partial charge in [-0.3, -0.25) is 9.79 Å². The van der Waals surface area contributed by atoms with Gasteiger partial charge in [0.1, 0.15) is 0 Å². The molecule has 0 aliphatic heterocycles. The summed E-state index contributed by atoms with van der Waals surface area (Å²) < 4.78 is 12.1. The molecule has 42 heavy (non-hydrogen) atoms. The zero-order chi connectivity index (χ0) is 30.9. The Hall–Kier alpha value is -2.58. The molecule has 238 valence electrons. The van der Waals surface area contributed by atoms with Crippen LogP contribution in [-0.4, -0.2) is 54.9 Å². The summed E-state index contributed by atoms with van der Waals surface area (Å²) in [5.41, 5.74) is 13.0. The number of benzene rings is 1. The predicted molar refractivity (Wildman–Crippen MR) is 171 cm³/mol. The number of carbonyl (C=O) groups excluding carboxylic acids is 1. The average molecular weight is 588 g/mol. The average Bonchev–Trinajstić information content (AvgIpc) is 3.47. The first-order valence-electron chi connectivity index (χ1n) is 16.1. The van der Waals surface area contributed by atoms with Crippen molar-refractivity contribution in [1.82, 2.24) is 0 Å². The van der Waals surface area contributed by atoms with Crippen molar-refractivity contribution in [1.29, 1.82) is 0 Å². The van der Waals surface area contributed by atoms with Gasteiger partial charge in [0.05, 0.1) is 6.10 Å². The first-order chi connectivity index (χ1) is 20.2. The summed E-state index contributed by atoms with van der Waals surface area (Å²) in [6.07, 6.45) is 14.0. The van der Waals surface area contributed by atoms with Crippen LogP contribution in [0.25, 0.3) is 0 Å². The highest BCUT2D eigenvalue weighted by atomic mass is 16.5. The lowest BCUT2D eigenvalue weighted by molar-refractivity contribution is -0.114. The van der Waals surface area contributed by atoms with Crippen LogP contribution in [0.1, 0.15) is 108 Å². The van der Waals surface area contributed by atoms with Gasteiger partial charge in [0.25, 0.3) is 0 Å². The number of ketones is 1. The van der Waals surface area contributed by atoms with E-state index in [9.17, 15) is 15.0 Å². The number of ether oxygens (including phenoxy) is 2. The Bertz CT molecular complexity index is 984. The lowest BCUT2D eigenvalue weighted by atomic mass is 9.78. The zero-order valence-corrected chi connectivity index (χ0v) is 26.5. The monoisotopic (exact) mass is 587 g/mol. The molecule has 0 amide bonds. The van der Waals surface area contributed by atoms with Gasteiger partial charge in [0, 0.05) is 38.9 Å². The molecule has 0 radical (unpaired) electrons. The molecular weight excluding hydrogens is 530 g/mol. The highest BCUT2D eigenvalue weighted by Gasteiger charge is 2.29. The molecule has 6 N–H and O–H groups in total. The Labute approximate surface area is 254 Å². The zero-order valence-electron chi connectivity index (χ0n) is 26.5. The number of hydrogen-bond donors (Lipinski definition) is 4. The van der Waals surface area contributed by atoms with Gasteiger partial charge in [0.15, 0.2) is 23.2 Å². The number of phenolic OH excluding ortho intramolecular Hbond substituents is 1. The van der Waals surface area contributed by atoms with Crippen molar-refractivity contribution < 1.29 is 24.5 Å². The number of aliphatic hydroxyl groups is 1. The largest absolute Gasteiger partial charge is 0.504 e. The third-order valence-electron chi connectivity index (χ3n) is 8.43. The molecule has 1 aliphatic rings. The van der Waals surface area contributed by atoms with Crippen molar-refractivity contribution in [3.05, 3.63) is 35.4 Å². The van der Waals surface area contributed by atoms with E-state index in [2.05, 4.69) is 31.8 Å². The number of allylic oxidation sites excluding steroid dienone is 2. The van der Waals surface area contributed by atoms with Crippen molar-refractivity contribution in [3.63, 3.8) is 0 Å². The second-order valence-electron chi connectivity index (χ2n) is 12.3. The number of rotatable bonds is 21. The van der Waals surface area contributed by atoms with Crippen LogP contribution in [0.5, 0.6) is 11.5 Å². The fraction of sp³-hybridized carbons (Fsp3) is 0.706. The van der Waals surface area contributed by atoms with Crippen LogP contribution in [0.3, 0.4) is 0 Å². The van der Waals surface area contributed by atoms with E-state index in [4.69, 9.17) is 20.9 Å². The fourth-order valence-electron chi connectivity index (χ4n) is 5.92. The molecule has 1 aromatic rings. The van der Waals surface area contributed by atoms with Gasteiger partial charge in [-0.05, 0) is 106 Å². The van der Waals surface area contributed by atoms with E-state index in [0.29, 0.717) is 44.1 Å². The molecular formula is C34H57N3O5. The summed E-state index contributed by atoms with van der Waals surface area (Å²) >= 11 is 0. The minimum atomic E-state index is 0.0526. The van der Waals surface area contributed by atoms with Crippen molar-refractivity contribution in [3.8, 4) is 11.5 Å². The van der Waals surface area contributed by atoms with Crippen LogP contribution in [-0.2, 0) is 16.0 Å². The molecule has 0 heterocycles. The van der Waals surface area contributed by atoms with Crippen LogP contribution in [0.2, 0.25) is 0 Å². The van der Waals surface area contributed by atoms with Gasteiger partial charge in [-0.1, -0.05) is 39.3 Å². The molecule has 0 spiro atoms. The van der Waals surface area contributed by atoms with Crippen LogP contribution in [0.15, 0.2) is 29.3 Å². The van der Waals surface area contributed by atoms with Gasteiger partial charge < -0.3 is 31.2 Å².